The summed E-state index contributed by atoms with van der Waals surface area (Å²) in [4.78, 5) is 0. The summed E-state index contributed by atoms with van der Waals surface area (Å²) < 4.78 is 1.27. The van der Waals surface area contributed by atoms with E-state index >= 15 is 0 Å². The summed E-state index contributed by atoms with van der Waals surface area (Å²) in [5.74, 6) is 0. The predicted octanol–water partition coefficient (Wildman–Crippen LogP) is 7.16. The molecular weight excluding hydrogens is 308 g/mol. The van der Waals surface area contributed by atoms with Crippen molar-refractivity contribution in [3.8, 4) is 0 Å². The average Bonchev–Trinajstić information content (AvgIpc) is 2.44. The fourth-order valence-corrected chi connectivity index (χ4v) is 3.41. The molecule has 0 bridgehead atoms. The lowest BCUT2D eigenvalue weighted by molar-refractivity contribution is 0.251. The van der Waals surface area contributed by atoms with E-state index in [1.165, 1.54) is 67.8 Å². The molecule has 0 aliphatic rings. The topological polar surface area (TPSA) is 0 Å². The molecule has 0 saturated carbocycles. The zero-order valence-corrected chi connectivity index (χ0v) is 15.1. The van der Waals surface area contributed by atoms with Crippen LogP contribution in [-0.4, -0.2) is 0 Å². The first-order valence-electron chi connectivity index (χ1n) is 8.34. The summed E-state index contributed by atoms with van der Waals surface area (Å²) in [7, 11) is 0. The van der Waals surface area contributed by atoms with Gasteiger partial charge in [-0.2, -0.15) is 0 Å². The Hall–Kier alpha value is -0.300. The van der Waals surface area contributed by atoms with Crippen molar-refractivity contribution < 1.29 is 0 Å². The van der Waals surface area contributed by atoms with E-state index in [4.69, 9.17) is 0 Å². The molecule has 0 aliphatic heterocycles. The second-order valence-corrected chi connectivity index (χ2v) is 7.35. The number of benzene rings is 1. The first kappa shape index (κ1) is 17.8. The zero-order chi connectivity index (χ0) is 14.8. The maximum Gasteiger partial charge on any atom is 0.0207 e. The van der Waals surface area contributed by atoms with Crippen LogP contribution in [0.5, 0.6) is 0 Å². The molecule has 0 aromatic heterocycles. The molecule has 1 atom stereocenters. The molecule has 0 fully saturated rings. The molecular formula is C19H31Br. The minimum Gasteiger partial charge on any atom is -0.0654 e. The van der Waals surface area contributed by atoms with E-state index in [0.717, 1.165) is 0 Å². The highest BCUT2D eigenvalue weighted by atomic mass is 79.9. The maximum absolute atomic E-state index is 3.71. The van der Waals surface area contributed by atoms with Crippen LogP contribution in [0.2, 0.25) is 0 Å². The Morgan fingerprint density at radius 3 is 2.20 bits per heavy atom. The van der Waals surface area contributed by atoms with Crippen LogP contribution in [0.15, 0.2) is 28.7 Å². The van der Waals surface area contributed by atoms with Crippen molar-refractivity contribution in [1.29, 1.82) is 0 Å². The van der Waals surface area contributed by atoms with E-state index < -0.39 is 0 Å². The molecule has 1 rings (SSSR count). The predicted molar refractivity (Wildman–Crippen MR) is 94.2 cm³/mol. The molecule has 1 aromatic carbocycles. The van der Waals surface area contributed by atoms with E-state index in [2.05, 4.69) is 61.0 Å². The van der Waals surface area contributed by atoms with Crippen LogP contribution in [0, 0.1) is 5.41 Å². The van der Waals surface area contributed by atoms with Gasteiger partial charge in [0.1, 0.15) is 0 Å². The molecule has 20 heavy (non-hydrogen) atoms. The standard InChI is InChI=1S/C19H31Br/c1-4-6-8-11-15-19(3,14-7-5-2)16-17-12-9-10-13-18(17)20/h9-10,12-13H,4-8,11,14-16H2,1-3H3. The molecule has 0 nitrogen and oxygen atoms in total. The van der Waals surface area contributed by atoms with Crippen LogP contribution in [0.25, 0.3) is 0 Å². The van der Waals surface area contributed by atoms with Gasteiger partial charge >= 0.3 is 0 Å². The minimum atomic E-state index is 0.466. The van der Waals surface area contributed by atoms with Gasteiger partial charge in [0, 0.05) is 4.47 Å². The lowest BCUT2D eigenvalue weighted by Gasteiger charge is -2.30. The van der Waals surface area contributed by atoms with Gasteiger partial charge in [0.15, 0.2) is 0 Å². The molecule has 0 N–H and O–H groups in total. The third-order valence-corrected chi connectivity index (χ3v) is 5.12. The van der Waals surface area contributed by atoms with Crippen molar-refractivity contribution in [2.45, 2.75) is 78.6 Å². The van der Waals surface area contributed by atoms with Gasteiger partial charge in [-0.1, -0.05) is 93.4 Å². The highest BCUT2D eigenvalue weighted by Crippen LogP contribution is 2.36. The molecule has 1 heteroatoms. The Balaban J connectivity index is 2.64. The molecule has 0 heterocycles. The van der Waals surface area contributed by atoms with E-state index in [9.17, 15) is 0 Å². The second-order valence-electron chi connectivity index (χ2n) is 6.49. The maximum atomic E-state index is 3.71. The molecule has 0 radical (unpaired) electrons. The normalized spacial score (nSPS) is 14.2. The number of hydrogen-bond acceptors (Lipinski definition) is 0. The monoisotopic (exact) mass is 338 g/mol. The van der Waals surface area contributed by atoms with Crippen LogP contribution < -0.4 is 0 Å². The van der Waals surface area contributed by atoms with Gasteiger partial charge in [-0.05, 0) is 36.3 Å². The first-order chi connectivity index (χ1) is 9.61. The van der Waals surface area contributed by atoms with Crippen LogP contribution in [0.3, 0.4) is 0 Å². The molecule has 1 unspecified atom stereocenters. The van der Waals surface area contributed by atoms with E-state index in [1.54, 1.807) is 0 Å². The third-order valence-electron chi connectivity index (χ3n) is 4.34. The molecule has 114 valence electrons. The van der Waals surface area contributed by atoms with Gasteiger partial charge < -0.3 is 0 Å². The van der Waals surface area contributed by atoms with Crippen molar-refractivity contribution >= 4 is 15.9 Å². The lowest BCUT2D eigenvalue weighted by Crippen LogP contribution is -2.20. The highest BCUT2D eigenvalue weighted by Gasteiger charge is 2.24. The summed E-state index contributed by atoms with van der Waals surface area (Å²) in [5, 5.41) is 0. The molecule has 0 aliphatic carbocycles. The lowest BCUT2D eigenvalue weighted by atomic mass is 9.75. The number of hydrogen-bond donors (Lipinski definition) is 0. The van der Waals surface area contributed by atoms with Crippen LogP contribution in [0.4, 0.5) is 0 Å². The molecule has 0 saturated heterocycles. The Kier molecular flexibility index (Phi) is 8.52. The fourth-order valence-electron chi connectivity index (χ4n) is 2.99. The Morgan fingerprint density at radius 1 is 0.900 bits per heavy atom. The van der Waals surface area contributed by atoms with Gasteiger partial charge in [-0.15, -0.1) is 0 Å². The van der Waals surface area contributed by atoms with E-state index in [1.807, 2.05) is 0 Å². The van der Waals surface area contributed by atoms with Crippen molar-refractivity contribution in [3.05, 3.63) is 34.3 Å². The zero-order valence-electron chi connectivity index (χ0n) is 13.6. The summed E-state index contributed by atoms with van der Waals surface area (Å²) in [6.07, 6.45) is 12.1. The van der Waals surface area contributed by atoms with Crippen molar-refractivity contribution in [1.82, 2.24) is 0 Å². The van der Waals surface area contributed by atoms with Gasteiger partial charge in [0.2, 0.25) is 0 Å². The largest absolute Gasteiger partial charge is 0.0654 e. The average molecular weight is 339 g/mol. The third kappa shape index (κ3) is 6.43. The van der Waals surface area contributed by atoms with Crippen LogP contribution >= 0.6 is 15.9 Å². The Morgan fingerprint density at radius 2 is 1.55 bits per heavy atom. The summed E-state index contributed by atoms with van der Waals surface area (Å²) in [6, 6.07) is 8.72. The van der Waals surface area contributed by atoms with Gasteiger partial charge in [-0.3, -0.25) is 0 Å². The van der Waals surface area contributed by atoms with Crippen molar-refractivity contribution in [3.63, 3.8) is 0 Å². The van der Waals surface area contributed by atoms with E-state index in [0.29, 0.717) is 5.41 Å². The molecule has 0 spiro atoms. The van der Waals surface area contributed by atoms with Gasteiger partial charge in [0.05, 0.1) is 0 Å². The summed E-state index contributed by atoms with van der Waals surface area (Å²) >= 11 is 3.71. The van der Waals surface area contributed by atoms with Crippen LogP contribution in [0.1, 0.15) is 77.7 Å². The number of unbranched alkanes of at least 4 members (excludes halogenated alkanes) is 4. The quantitative estimate of drug-likeness (QED) is 0.397. The SMILES string of the molecule is CCCCCCC(C)(CCCC)Cc1ccccc1Br. The smallest absolute Gasteiger partial charge is 0.0207 e. The molecule has 1 aromatic rings. The highest BCUT2D eigenvalue weighted by molar-refractivity contribution is 9.10. The van der Waals surface area contributed by atoms with Gasteiger partial charge in [-0.25, -0.2) is 0 Å². The second kappa shape index (κ2) is 9.60. The van der Waals surface area contributed by atoms with Crippen molar-refractivity contribution in [2.24, 2.45) is 5.41 Å². The van der Waals surface area contributed by atoms with E-state index in [-0.39, 0.29) is 0 Å². The Bertz CT molecular complexity index is 372. The number of rotatable bonds is 10. The minimum absolute atomic E-state index is 0.466. The fraction of sp³-hybridized carbons (Fsp3) is 0.684. The first-order valence-corrected chi connectivity index (χ1v) is 9.14. The van der Waals surface area contributed by atoms with Gasteiger partial charge in [0.25, 0.3) is 0 Å². The summed E-state index contributed by atoms with van der Waals surface area (Å²) in [5.41, 5.74) is 1.94. The Labute approximate surface area is 134 Å². The number of halogens is 1. The van der Waals surface area contributed by atoms with Crippen LogP contribution in [-0.2, 0) is 6.42 Å². The molecule has 0 amide bonds. The summed E-state index contributed by atoms with van der Waals surface area (Å²) in [6.45, 7) is 7.08. The van der Waals surface area contributed by atoms with Crippen molar-refractivity contribution in [2.75, 3.05) is 0 Å².